The van der Waals surface area contributed by atoms with Crippen molar-refractivity contribution in [2.45, 2.75) is 72.4 Å². The van der Waals surface area contributed by atoms with Crippen LogP contribution in [0.2, 0.25) is 6.82 Å². The Kier molecular flexibility index (Phi) is 7.90. The second-order valence-corrected chi connectivity index (χ2v) is 8.25. The van der Waals surface area contributed by atoms with Gasteiger partial charge in [0.15, 0.2) is 0 Å². The van der Waals surface area contributed by atoms with Crippen molar-refractivity contribution in [3.63, 3.8) is 0 Å². The van der Waals surface area contributed by atoms with Gasteiger partial charge in [-0.1, -0.05) is 74.7 Å². The second kappa shape index (κ2) is 9.77. The molecule has 0 aromatic heterocycles. The SMILES string of the molecule is CC.C[B]c1ccc(CC(=O)Cc2ccc(B3OC(C)(C)C(C)(C)O3)cc2)cc1. The maximum atomic E-state index is 12.4. The van der Waals surface area contributed by atoms with Gasteiger partial charge in [-0.05, 0) is 44.3 Å². The monoisotopic (exact) mass is 391 g/mol. The summed E-state index contributed by atoms with van der Waals surface area (Å²) in [6, 6.07) is 16.1. The quantitative estimate of drug-likeness (QED) is 0.704. The fourth-order valence-corrected chi connectivity index (χ4v) is 3.12. The van der Waals surface area contributed by atoms with Crippen LogP contribution in [0.5, 0.6) is 0 Å². The lowest BCUT2D eigenvalue weighted by atomic mass is 9.73. The van der Waals surface area contributed by atoms with Crippen molar-refractivity contribution in [1.29, 1.82) is 0 Å². The molecule has 0 saturated carbocycles. The third-order valence-corrected chi connectivity index (χ3v) is 5.62. The van der Waals surface area contributed by atoms with Crippen LogP contribution in [0.25, 0.3) is 0 Å². The second-order valence-electron chi connectivity index (χ2n) is 8.25. The van der Waals surface area contributed by atoms with Crippen LogP contribution < -0.4 is 10.9 Å². The van der Waals surface area contributed by atoms with Crippen LogP contribution in [0.1, 0.15) is 52.7 Å². The van der Waals surface area contributed by atoms with E-state index >= 15 is 0 Å². The Balaban J connectivity index is 0.00000145. The first-order valence-corrected chi connectivity index (χ1v) is 10.5. The van der Waals surface area contributed by atoms with Crippen molar-refractivity contribution < 1.29 is 14.1 Å². The number of carbonyl (C=O) groups is 1. The van der Waals surface area contributed by atoms with Crippen LogP contribution in [-0.2, 0) is 26.9 Å². The van der Waals surface area contributed by atoms with Crippen molar-refractivity contribution in [1.82, 2.24) is 0 Å². The van der Waals surface area contributed by atoms with Gasteiger partial charge < -0.3 is 9.31 Å². The third-order valence-electron chi connectivity index (χ3n) is 5.62. The van der Waals surface area contributed by atoms with E-state index in [-0.39, 0.29) is 24.1 Å². The fourth-order valence-electron chi connectivity index (χ4n) is 3.12. The highest BCUT2D eigenvalue weighted by molar-refractivity contribution is 6.62. The zero-order valence-electron chi connectivity index (χ0n) is 18.9. The van der Waals surface area contributed by atoms with Gasteiger partial charge >= 0.3 is 7.12 Å². The molecular formula is C24H33B2O3. The van der Waals surface area contributed by atoms with Crippen LogP contribution in [0.3, 0.4) is 0 Å². The number of ketones is 1. The lowest BCUT2D eigenvalue weighted by Gasteiger charge is -2.32. The first-order valence-electron chi connectivity index (χ1n) is 10.5. The molecule has 0 spiro atoms. The highest BCUT2D eigenvalue weighted by Gasteiger charge is 2.51. The standard InChI is InChI=1S/C22H27B2O3.C2H6/c1-21(2)22(3,4)27-24(26-21)19-12-8-17(9-13-19)15-20(25)14-16-6-10-18(23-5)11-7-16;1-2/h6-13H,14-15H2,1-5H3;1-2H3. The molecule has 1 fully saturated rings. The molecule has 5 heteroatoms. The van der Waals surface area contributed by atoms with Gasteiger partial charge in [-0.25, -0.2) is 0 Å². The number of rotatable bonds is 6. The average Bonchev–Trinajstić information content (AvgIpc) is 2.92. The molecule has 0 aliphatic carbocycles. The van der Waals surface area contributed by atoms with E-state index in [1.807, 2.05) is 104 Å². The molecule has 0 amide bonds. The largest absolute Gasteiger partial charge is 0.494 e. The summed E-state index contributed by atoms with van der Waals surface area (Å²) >= 11 is 0. The Morgan fingerprint density at radius 2 is 1.24 bits per heavy atom. The Labute approximate surface area is 177 Å². The molecular weight excluding hydrogens is 358 g/mol. The molecule has 2 aromatic carbocycles. The van der Waals surface area contributed by atoms with E-state index in [4.69, 9.17) is 9.31 Å². The molecule has 1 heterocycles. The Morgan fingerprint density at radius 1 is 0.828 bits per heavy atom. The molecule has 1 radical (unpaired) electrons. The summed E-state index contributed by atoms with van der Waals surface area (Å²) in [5.74, 6) is 0.214. The summed E-state index contributed by atoms with van der Waals surface area (Å²) in [5.41, 5.74) is 3.52. The van der Waals surface area contributed by atoms with Crippen molar-refractivity contribution in [3.8, 4) is 0 Å². The maximum absolute atomic E-state index is 12.4. The first-order chi connectivity index (χ1) is 13.7. The molecule has 0 bridgehead atoms. The molecule has 1 saturated heterocycles. The molecule has 0 atom stereocenters. The summed E-state index contributed by atoms with van der Waals surface area (Å²) in [6.45, 7) is 14.2. The van der Waals surface area contributed by atoms with E-state index in [0.717, 1.165) is 16.6 Å². The summed E-state index contributed by atoms with van der Waals surface area (Å²) in [6.07, 6.45) is 0.897. The third kappa shape index (κ3) is 5.83. The molecule has 1 aliphatic heterocycles. The van der Waals surface area contributed by atoms with Crippen LogP contribution >= 0.6 is 0 Å². The van der Waals surface area contributed by atoms with Crippen LogP contribution in [0, 0.1) is 0 Å². The van der Waals surface area contributed by atoms with Gasteiger partial charge in [0.2, 0.25) is 0 Å². The summed E-state index contributed by atoms with van der Waals surface area (Å²) in [7, 11) is 1.68. The lowest BCUT2D eigenvalue weighted by Crippen LogP contribution is -2.41. The molecule has 153 valence electrons. The highest BCUT2D eigenvalue weighted by atomic mass is 16.7. The Hall–Kier alpha value is -1.84. The number of hydrogen-bond acceptors (Lipinski definition) is 3. The molecule has 3 nitrogen and oxygen atoms in total. The first kappa shape index (κ1) is 23.4. The predicted molar refractivity (Wildman–Crippen MR) is 124 cm³/mol. The van der Waals surface area contributed by atoms with Crippen molar-refractivity contribution in [3.05, 3.63) is 59.7 Å². The summed E-state index contributed by atoms with van der Waals surface area (Å²) < 4.78 is 12.2. The molecule has 0 N–H and O–H groups in total. The van der Waals surface area contributed by atoms with E-state index in [1.165, 1.54) is 5.46 Å². The van der Waals surface area contributed by atoms with Gasteiger partial charge in [0, 0.05) is 12.8 Å². The van der Waals surface area contributed by atoms with Crippen LogP contribution in [0.4, 0.5) is 0 Å². The number of hydrogen-bond donors (Lipinski definition) is 0. The van der Waals surface area contributed by atoms with E-state index in [0.29, 0.717) is 12.8 Å². The molecule has 1 aliphatic rings. The predicted octanol–water partition coefficient (Wildman–Crippen LogP) is 3.74. The van der Waals surface area contributed by atoms with Gasteiger partial charge in [0.25, 0.3) is 0 Å². The molecule has 3 rings (SSSR count). The van der Waals surface area contributed by atoms with Crippen LogP contribution in [-0.4, -0.2) is 31.4 Å². The smallest absolute Gasteiger partial charge is 0.399 e. The van der Waals surface area contributed by atoms with Gasteiger partial charge in [-0.3, -0.25) is 4.79 Å². The highest BCUT2D eigenvalue weighted by Crippen LogP contribution is 2.36. The number of Topliss-reactive ketones (excluding diaryl/α,β-unsaturated/α-hetero) is 1. The van der Waals surface area contributed by atoms with Gasteiger partial charge in [0.05, 0.1) is 11.2 Å². The summed E-state index contributed by atoms with van der Waals surface area (Å²) in [5, 5.41) is 0. The average molecular weight is 391 g/mol. The van der Waals surface area contributed by atoms with Crippen molar-refractivity contribution in [2.75, 3.05) is 0 Å². The van der Waals surface area contributed by atoms with Crippen molar-refractivity contribution in [2.24, 2.45) is 0 Å². The van der Waals surface area contributed by atoms with Gasteiger partial charge in [-0.2, -0.15) is 0 Å². The zero-order chi connectivity index (χ0) is 21.7. The molecule has 29 heavy (non-hydrogen) atoms. The number of carbonyl (C=O) groups excluding carboxylic acids is 1. The maximum Gasteiger partial charge on any atom is 0.494 e. The van der Waals surface area contributed by atoms with E-state index in [2.05, 4.69) is 0 Å². The minimum atomic E-state index is -0.367. The topological polar surface area (TPSA) is 35.5 Å². The molecule has 0 unspecified atom stereocenters. The van der Waals surface area contributed by atoms with E-state index < -0.39 is 0 Å². The molecule has 2 aromatic rings. The number of benzene rings is 2. The minimum Gasteiger partial charge on any atom is -0.399 e. The lowest BCUT2D eigenvalue weighted by molar-refractivity contribution is -0.117. The van der Waals surface area contributed by atoms with E-state index in [1.54, 1.807) is 0 Å². The van der Waals surface area contributed by atoms with Gasteiger partial charge in [-0.15, -0.1) is 0 Å². The minimum absolute atomic E-state index is 0.214. The van der Waals surface area contributed by atoms with Crippen molar-refractivity contribution >= 4 is 31.1 Å². The van der Waals surface area contributed by atoms with Gasteiger partial charge in [0.1, 0.15) is 13.1 Å². The van der Waals surface area contributed by atoms with Crippen LogP contribution in [0.15, 0.2) is 48.5 Å². The Morgan fingerprint density at radius 3 is 1.66 bits per heavy atom. The van der Waals surface area contributed by atoms with E-state index in [9.17, 15) is 4.79 Å². The summed E-state index contributed by atoms with van der Waals surface area (Å²) in [4.78, 5) is 12.4. The zero-order valence-corrected chi connectivity index (χ0v) is 18.9. The Bertz CT molecular complexity index is 780. The fraction of sp³-hybridized carbons (Fsp3) is 0.458. The normalized spacial score (nSPS) is 16.7.